The largest absolute Gasteiger partial charge is 0.433 e. The van der Waals surface area contributed by atoms with Gasteiger partial charge in [0, 0.05) is 14.0 Å². The average molecular weight is 176 g/mol. The van der Waals surface area contributed by atoms with Gasteiger partial charge in [-0.1, -0.05) is 0 Å². The Kier molecular flexibility index (Phi) is 3.46. The standard InChI is InChI=1S/C7H12O5/c1-5(8)11-7-4-10-6(12-7)3-9-2/h6-7H,3-4H2,1-2H3. The zero-order valence-corrected chi connectivity index (χ0v) is 7.11. The maximum Gasteiger partial charge on any atom is 0.305 e. The van der Waals surface area contributed by atoms with Crippen molar-refractivity contribution < 1.29 is 23.7 Å². The highest BCUT2D eigenvalue weighted by molar-refractivity contribution is 5.66. The molecule has 0 N–H and O–H groups in total. The number of ether oxygens (including phenoxy) is 4. The van der Waals surface area contributed by atoms with Crippen molar-refractivity contribution in [3.05, 3.63) is 0 Å². The van der Waals surface area contributed by atoms with Crippen molar-refractivity contribution in [2.45, 2.75) is 19.5 Å². The molecule has 0 spiro atoms. The number of methoxy groups -OCH3 is 1. The van der Waals surface area contributed by atoms with Crippen LogP contribution in [0.25, 0.3) is 0 Å². The lowest BCUT2D eigenvalue weighted by Gasteiger charge is -2.09. The molecule has 0 aromatic heterocycles. The second-order valence-corrected chi connectivity index (χ2v) is 2.39. The van der Waals surface area contributed by atoms with Crippen LogP contribution in [-0.4, -0.2) is 38.9 Å². The zero-order chi connectivity index (χ0) is 8.97. The van der Waals surface area contributed by atoms with Crippen LogP contribution >= 0.6 is 0 Å². The molecule has 0 aromatic rings. The summed E-state index contributed by atoms with van der Waals surface area (Å²) in [5.74, 6) is -0.373. The van der Waals surface area contributed by atoms with Crippen LogP contribution in [0, 0.1) is 0 Å². The SMILES string of the molecule is COCC1OCC(OC(C)=O)O1. The van der Waals surface area contributed by atoms with E-state index in [9.17, 15) is 4.79 Å². The highest BCUT2D eigenvalue weighted by Crippen LogP contribution is 2.12. The highest BCUT2D eigenvalue weighted by atomic mass is 16.8. The van der Waals surface area contributed by atoms with Crippen LogP contribution in [0.4, 0.5) is 0 Å². The molecule has 2 unspecified atom stereocenters. The van der Waals surface area contributed by atoms with E-state index in [1.807, 2.05) is 0 Å². The third kappa shape index (κ3) is 2.77. The Morgan fingerprint density at radius 2 is 2.42 bits per heavy atom. The number of hydrogen-bond acceptors (Lipinski definition) is 5. The molecule has 1 saturated heterocycles. The van der Waals surface area contributed by atoms with Crippen LogP contribution in [0.15, 0.2) is 0 Å². The van der Waals surface area contributed by atoms with Gasteiger partial charge in [0.2, 0.25) is 6.29 Å². The Labute approximate surface area is 70.5 Å². The van der Waals surface area contributed by atoms with E-state index in [2.05, 4.69) is 0 Å². The van der Waals surface area contributed by atoms with Crippen LogP contribution in [0.2, 0.25) is 0 Å². The van der Waals surface area contributed by atoms with E-state index in [-0.39, 0.29) is 12.6 Å². The quantitative estimate of drug-likeness (QED) is 0.562. The predicted molar refractivity (Wildman–Crippen MR) is 38.3 cm³/mol. The number of carbonyl (C=O) groups is 1. The van der Waals surface area contributed by atoms with Crippen molar-refractivity contribution in [1.82, 2.24) is 0 Å². The van der Waals surface area contributed by atoms with Crippen molar-refractivity contribution in [2.75, 3.05) is 20.3 Å². The normalized spacial score (nSPS) is 28.8. The summed E-state index contributed by atoms with van der Waals surface area (Å²) < 4.78 is 19.7. The Morgan fingerprint density at radius 1 is 1.67 bits per heavy atom. The Hall–Kier alpha value is -0.650. The molecule has 0 bridgehead atoms. The summed E-state index contributed by atoms with van der Waals surface area (Å²) in [5, 5.41) is 0. The maximum atomic E-state index is 10.5. The predicted octanol–water partition coefficient (Wildman–Crippen LogP) is -0.105. The van der Waals surface area contributed by atoms with E-state index in [1.54, 1.807) is 7.11 Å². The number of hydrogen-bond donors (Lipinski definition) is 0. The van der Waals surface area contributed by atoms with E-state index >= 15 is 0 Å². The Bertz CT molecular complexity index is 158. The van der Waals surface area contributed by atoms with Crippen molar-refractivity contribution in [3.63, 3.8) is 0 Å². The molecule has 1 aliphatic rings. The van der Waals surface area contributed by atoms with E-state index in [4.69, 9.17) is 18.9 Å². The van der Waals surface area contributed by atoms with Crippen LogP contribution in [0.5, 0.6) is 0 Å². The minimum atomic E-state index is -0.581. The summed E-state index contributed by atoms with van der Waals surface area (Å²) >= 11 is 0. The van der Waals surface area contributed by atoms with E-state index in [0.717, 1.165) is 0 Å². The molecule has 1 aliphatic heterocycles. The molecule has 0 amide bonds. The third-order valence-corrected chi connectivity index (χ3v) is 1.32. The van der Waals surface area contributed by atoms with Gasteiger partial charge in [-0.25, -0.2) is 0 Å². The molecule has 1 fully saturated rings. The highest BCUT2D eigenvalue weighted by Gasteiger charge is 2.27. The van der Waals surface area contributed by atoms with Crippen LogP contribution in [0.3, 0.4) is 0 Å². The minimum absolute atomic E-state index is 0.271. The van der Waals surface area contributed by atoms with Crippen LogP contribution in [0.1, 0.15) is 6.92 Å². The van der Waals surface area contributed by atoms with Gasteiger partial charge in [0.05, 0.1) is 6.61 Å². The lowest BCUT2D eigenvalue weighted by molar-refractivity contribution is -0.178. The first-order valence-corrected chi connectivity index (χ1v) is 3.65. The molecular formula is C7H12O5. The molecule has 1 rings (SSSR count). The van der Waals surface area contributed by atoms with Gasteiger partial charge in [-0.15, -0.1) is 0 Å². The summed E-state index contributed by atoms with van der Waals surface area (Å²) in [4.78, 5) is 10.5. The lowest BCUT2D eigenvalue weighted by Crippen LogP contribution is -2.20. The van der Waals surface area contributed by atoms with Gasteiger partial charge < -0.3 is 18.9 Å². The molecule has 5 heteroatoms. The van der Waals surface area contributed by atoms with Crippen molar-refractivity contribution in [3.8, 4) is 0 Å². The first-order valence-electron chi connectivity index (χ1n) is 3.65. The summed E-state index contributed by atoms with van der Waals surface area (Å²) in [5.41, 5.74) is 0. The number of esters is 1. The number of rotatable bonds is 3. The van der Waals surface area contributed by atoms with Gasteiger partial charge in [0.25, 0.3) is 0 Å². The first-order chi connectivity index (χ1) is 5.72. The molecule has 2 atom stereocenters. The summed E-state index contributed by atoms with van der Waals surface area (Å²) in [7, 11) is 1.55. The topological polar surface area (TPSA) is 54.0 Å². The lowest BCUT2D eigenvalue weighted by atomic mass is 10.7. The summed E-state index contributed by atoms with van der Waals surface area (Å²) in [6, 6.07) is 0. The van der Waals surface area contributed by atoms with Gasteiger partial charge >= 0.3 is 5.97 Å². The van der Waals surface area contributed by atoms with Crippen molar-refractivity contribution >= 4 is 5.97 Å². The monoisotopic (exact) mass is 176 g/mol. The van der Waals surface area contributed by atoms with Crippen molar-refractivity contribution in [2.24, 2.45) is 0 Å². The van der Waals surface area contributed by atoms with E-state index < -0.39 is 12.6 Å². The average Bonchev–Trinajstić information content (AvgIpc) is 2.36. The third-order valence-electron chi connectivity index (χ3n) is 1.32. The smallest absolute Gasteiger partial charge is 0.305 e. The molecule has 0 aromatic carbocycles. The fourth-order valence-electron chi connectivity index (χ4n) is 0.904. The van der Waals surface area contributed by atoms with E-state index in [0.29, 0.717) is 6.61 Å². The first kappa shape index (κ1) is 9.44. The number of carbonyl (C=O) groups excluding carboxylic acids is 1. The molecule has 5 nitrogen and oxygen atoms in total. The minimum Gasteiger partial charge on any atom is -0.433 e. The fourth-order valence-corrected chi connectivity index (χ4v) is 0.904. The van der Waals surface area contributed by atoms with Crippen LogP contribution in [-0.2, 0) is 23.7 Å². The molecular weight excluding hydrogens is 164 g/mol. The zero-order valence-electron chi connectivity index (χ0n) is 7.11. The van der Waals surface area contributed by atoms with Gasteiger partial charge in [-0.3, -0.25) is 4.79 Å². The maximum absolute atomic E-state index is 10.5. The van der Waals surface area contributed by atoms with E-state index in [1.165, 1.54) is 6.92 Å². The van der Waals surface area contributed by atoms with Gasteiger partial charge in [-0.2, -0.15) is 0 Å². The van der Waals surface area contributed by atoms with Gasteiger partial charge in [0.15, 0.2) is 6.29 Å². The molecule has 12 heavy (non-hydrogen) atoms. The Morgan fingerprint density at radius 3 is 3.00 bits per heavy atom. The summed E-state index contributed by atoms with van der Waals surface area (Å²) in [6.07, 6.45) is -0.998. The molecule has 0 saturated carbocycles. The van der Waals surface area contributed by atoms with Crippen molar-refractivity contribution in [1.29, 1.82) is 0 Å². The second-order valence-electron chi connectivity index (χ2n) is 2.39. The Balaban J connectivity index is 2.21. The fraction of sp³-hybridized carbons (Fsp3) is 0.857. The van der Waals surface area contributed by atoms with Gasteiger partial charge in [0.1, 0.15) is 6.61 Å². The van der Waals surface area contributed by atoms with Gasteiger partial charge in [-0.05, 0) is 0 Å². The summed E-state index contributed by atoms with van der Waals surface area (Å²) in [6.45, 7) is 1.94. The molecule has 0 aliphatic carbocycles. The van der Waals surface area contributed by atoms with Crippen LogP contribution < -0.4 is 0 Å². The molecule has 70 valence electrons. The second kappa shape index (κ2) is 4.39. The molecule has 0 radical (unpaired) electrons. The molecule has 1 heterocycles.